The van der Waals surface area contributed by atoms with Crippen LogP contribution >= 0.6 is 0 Å². The molecule has 9 heteroatoms. The summed E-state index contributed by atoms with van der Waals surface area (Å²) in [6, 6.07) is 1.69. The van der Waals surface area contributed by atoms with Crippen molar-refractivity contribution in [2.75, 3.05) is 6.54 Å². The summed E-state index contributed by atoms with van der Waals surface area (Å²) in [5.74, 6) is 0.448. The molecule has 4 rings (SSSR count). The van der Waals surface area contributed by atoms with Crippen LogP contribution in [0.1, 0.15) is 37.6 Å². The van der Waals surface area contributed by atoms with E-state index in [1.807, 2.05) is 22.6 Å². The number of fused-ring (bicyclic) bond motifs is 1. The molecule has 2 atom stereocenters. The Morgan fingerprint density at radius 1 is 1.32 bits per heavy atom. The predicted octanol–water partition coefficient (Wildman–Crippen LogP) is -0.989. The fraction of sp³-hybridized carbons (Fsp3) is 0.688. The van der Waals surface area contributed by atoms with Gasteiger partial charge in [0.05, 0.1) is 31.0 Å². The van der Waals surface area contributed by atoms with E-state index < -0.39 is 0 Å². The minimum atomic E-state index is -0.312. The van der Waals surface area contributed by atoms with Crippen LogP contribution in [0.25, 0.3) is 0 Å². The zero-order chi connectivity index (χ0) is 17.4. The number of nitrogens with one attached hydrogen (secondary N) is 4. The van der Waals surface area contributed by atoms with Gasteiger partial charge in [0.1, 0.15) is 6.04 Å². The number of carbonyl (C=O) groups is 2. The van der Waals surface area contributed by atoms with E-state index in [4.69, 9.17) is 0 Å². The van der Waals surface area contributed by atoms with E-state index in [0.717, 1.165) is 37.3 Å². The number of hydrazine groups is 2. The lowest BCUT2D eigenvalue weighted by molar-refractivity contribution is -0.139. The maximum absolute atomic E-state index is 12.4. The van der Waals surface area contributed by atoms with Crippen LogP contribution in [0, 0.1) is 5.92 Å². The zero-order valence-corrected chi connectivity index (χ0v) is 14.4. The molecule has 1 aromatic rings. The molecule has 0 radical (unpaired) electrons. The molecule has 136 valence electrons. The van der Waals surface area contributed by atoms with Gasteiger partial charge >= 0.3 is 0 Å². The van der Waals surface area contributed by atoms with Crippen LogP contribution in [-0.2, 0) is 29.2 Å². The number of rotatable bonds is 4. The third kappa shape index (κ3) is 3.26. The van der Waals surface area contributed by atoms with E-state index in [-0.39, 0.29) is 29.8 Å². The molecular formula is C16H25N7O2. The van der Waals surface area contributed by atoms with Gasteiger partial charge in [-0.2, -0.15) is 10.6 Å². The standard InChI is InChI=1S/C16H25N7O2/c1-10-14(19-21-18-10)15(24)17-8-12-7-13-9-22(5-6-23(13)20-12)16(25)11-3-2-4-11/h7,10-11,14,18-19,21H,2-6,8-9H2,1H3,(H,17,24). The Balaban J connectivity index is 1.34. The average molecular weight is 347 g/mol. The minimum absolute atomic E-state index is 0.0151. The topological polar surface area (TPSA) is 103 Å². The second-order valence-corrected chi connectivity index (χ2v) is 7.14. The van der Waals surface area contributed by atoms with E-state index in [9.17, 15) is 9.59 Å². The first-order valence-electron chi connectivity index (χ1n) is 9.00. The monoisotopic (exact) mass is 347 g/mol. The summed E-state index contributed by atoms with van der Waals surface area (Å²) in [5.41, 5.74) is 10.5. The highest BCUT2D eigenvalue weighted by Crippen LogP contribution is 2.29. The van der Waals surface area contributed by atoms with Crippen molar-refractivity contribution in [3.63, 3.8) is 0 Å². The third-order valence-corrected chi connectivity index (χ3v) is 5.37. The van der Waals surface area contributed by atoms with Crippen molar-refractivity contribution >= 4 is 11.8 Å². The van der Waals surface area contributed by atoms with Crippen LogP contribution in [0.5, 0.6) is 0 Å². The Morgan fingerprint density at radius 2 is 2.16 bits per heavy atom. The van der Waals surface area contributed by atoms with Gasteiger partial charge in [-0.1, -0.05) is 6.42 Å². The molecule has 0 spiro atoms. The highest BCUT2D eigenvalue weighted by atomic mass is 16.2. The Kier molecular flexibility index (Phi) is 4.45. The average Bonchev–Trinajstić information content (AvgIpc) is 3.15. The highest BCUT2D eigenvalue weighted by Gasteiger charge is 2.32. The Hall–Kier alpha value is -1.97. The maximum atomic E-state index is 12.4. The van der Waals surface area contributed by atoms with Crippen molar-refractivity contribution in [3.05, 3.63) is 17.5 Å². The van der Waals surface area contributed by atoms with Crippen molar-refractivity contribution in [3.8, 4) is 0 Å². The molecule has 1 aliphatic carbocycles. The van der Waals surface area contributed by atoms with E-state index in [1.165, 1.54) is 6.42 Å². The predicted molar refractivity (Wildman–Crippen MR) is 89.5 cm³/mol. The van der Waals surface area contributed by atoms with Crippen molar-refractivity contribution in [1.82, 2.24) is 36.4 Å². The fourth-order valence-electron chi connectivity index (χ4n) is 3.54. The summed E-state index contributed by atoms with van der Waals surface area (Å²) in [6.07, 6.45) is 3.23. The molecule has 3 heterocycles. The first-order chi connectivity index (χ1) is 12.1. The molecule has 25 heavy (non-hydrogen) atoms. The summed E-state index contributed by atoms with van der Waals surface area (Å²) >= 11 is 0. The van der Waals surface area contributed by atoms with Crippen molar-refractivity contribution in [2.24, 2.45) is 5.92 Å². The largest absolute Gasteiger partial charge is 0.349 e. The van der Waals surface area contributed by atoms with Crippen molar-refractivity contribution < 1.29 is 9.59 Å². The second kappa shape index (κ2) is 6.74. The van der Waals surface area contributed by atoms with Crippen LogP contribution in [0.15, 0.2) is 6.07 Å². The number of nitrogens with zero attached hydrogens (tertiary/aromatic N) is 3. The zero-order valence-electron chi connectivity index (χ0n) is 14.4. The molecule has 0 bridgehead atoms. The number of hydrogen-bond donors (Lipinski definition) is 4. The van der Waals surface area contributed by atoms with E-state index >= 15 is 0 Å². The van der Waals surface area contributed by atoms with Gasteiger partial charge in [0.25, 0.3) is 0 Å². The van der Waals surface area contributed by atoms with Crippen LogP contribution in [0.2, 0.25) is 0 Å². The molecule has 4 N–H and O–H groups in total. The van der Waals surface area contributed by atoms with Gasteiger partial charge in [-0.15, -0.1) is 0 Å². The maximum Gasteiger partial charge on any atom is 0.240 e. The first kappa shape index (κ1) is 16.5. The van der Waals surface area contributed by atoms with Gasteiger partial charge in [-0.05, 0) is 25.8 Å². The molecule has 3 aliphatic rings. The van der Waals surface area contributed by atoms with Gasteiger partial charge in [0.2, 0.25) is 11.8 Å². The summed E-state index contributed by atoms with van der Waals surface area (Å²) in [5, 5.41) is 7.47. The Bertz CT molecular complexity index is 669. The van der Waals surface area contributed by atoms with E-state index in [0.29, 0.717) is 13.1 Å². The quantitative estimate of drug-likeness (QED) is 0.558. The Morgan fingerprint density at radius 3 is 2.84 bits per heavy atom. The lowest BCUT2D eigenvalue weighted by atomic mass is 9.84. The fourth-order valence-corrected chi connectivity index (χ4v) is 3.54. The first-order valence-corrected chi connectivity index (χ1v) is 9.00. The summed E-state index contributed by atoms with van der Waals surface area (Å²) in [4.78, 5) is 26.5. The smallest absolute Gasteiger partial charge is 0.240 e. The van der Waals surface area contributed by atoms with Crippen molar-refractivity contribution in [1.29, 1.82) is 0 Å². The van der Waals surface area contributed by atoms with Gasteiger partial charge in [0, 0.05) is 18.5 Å². The molecule has 2 aliphatic heterocycles. The molecule has 2 unspecified atom stereocenters. The van der Waals surface area contributed by atoms with Crippen molar-refractivity contribution in [2.45, 2.75) is 57.9 Å². The number of amides is 2. The van der Waals surface area contributed by atoms with Crippen LogP contribution < -0.4 is 21.7 Å². The SMILES string of the molecule is CC1NNNC1C(=O)NCc1cc2n(n1)CCN(C(=O)C1CCC1)C2. The number of aromatic nitrogens is 2. The molecule has 9 nitrogen and oxygen atoms in total. The molecule has 1 saturated heterocycles. The minimum Gasteiger partial charge on any atom is -0.349 e. The molecular weight excluding hydrogens is 322 g/mol. The van der Waals surface area contributed by atoms with Gasteiger partial charge < -0.3 is 10.2 Å². The molecule has 0 aromatic carbocycles. The molecule has 1 aromatic heterocycles. The van der Waals surface area contributed by atoms with Gasteiger partial charge in [0.15, 0.2) is 0 Å². The summed E-state index contributed by atoms with van der Waals surface area (Å²) in [7, 11) is 0. The molecule has 1 saturated carbocycles. The number of hydrogen-bond acceptors (Lipinski definition) is 6. The lowest BCUT2D eigenvalue weighted by Crippen LogP contribution is -2.46. The van der Waals surface area contributed by atoms with E-state index in [1.54, 1.807) is 0 Å². The van der Waals surface area contributed by atoms with E-state index in [2.05, 4.69) is 26.8 Å². The van der Waals surface area contributed by atoms with Crippen LogP contribution in [0.3, 0.4) is 0 Å². The van der Waals surface area contributed by atoms with Gasteiger partial charge in [-0.3, -0.25) is 14.3 Å². The summed E-state index contributed by atoms with van der Waals surface area (Å²) in [6.45, 7) is 4.37. The Labute approximate surface area is 146 Å². The highest BCUT2D eigenvalue weighted by molar-refractivity contribution is 5.82. The van der Waals surface area contributed by atoms with Crippen LogP contribution in [0.4, 0.5) is 0 Å². The number of carbonyl (C=O) groups excluding carboxylic acids is 2. The van der Waals surface area contributed by atoms with Gasteiger partial charge in [-0.25, -0.2) is 10.9 Å². The second-order valence-electron chi connectivity index (χ2n) is 7.14. The van der Waals surface area contributed by atoms with Crippen LogP contribution in [-0.4, -0.2) is 45.1 Å². The summed E-state index contributed by atoms with van der Waals surface area (Å²) < 4.78 is 1.95. The lowest BCUT2D eigenvalue weighted by Gasteiger charge is -2.34. The molecule has 2 amide bonds. The molecule has 2 fully saturated rings. The normalized spacial score (nSPS) is 26.2. The third-order valence-electron chi connectivity index (χ3n) is 5.37.